The summed E-state index contributed by atoms with van der Waals surface area (Å²) in [5.74, 6) is 0.192. The van der Waals surface area contributed by atoms with Crippen LogP contribution in [0.5, 0.6) is 0 Å². The number of hydrogen-bond acceptors (Lipinski definition) is 1. The molecule has 74 valence electrons. The van der Waals surface area contributed by atoms with Crippen LogP contribution in [0.15, 0.2) is 18.2 Å². The molecule has 0 fully saturated rings. The molecule has 0 radical (unpaired) electrons. The molecule has 1 amide bonds. The van der Waals surface area contributed by atoms with Crippen molar-refractivity contribution in [3.05, 3.63) is 34.9 Å². The zero-order valence-electron chi connectivity index (χ0n) is 8.71. The summed E-state index contributed by atoms with van der Waals surface area (Å²) in [5.41, 5.74) is 3.26. The van der Waals surface area contributed by atoms with Crippen molar-refractivity contribution in [1.82, 2.24) is 4.90 Å². The molecule has 2 heteroatoms. The first-order chi connectivity index (χ1) is 6.72. The van der Waals surface area contributed by atoms with Crippen molar-refractivity contribution >= 4 is 5.91 Å². The Labute approximate surface area is 84.5 Å². The van der Waals surface area contributed by atoms with Gasteiger partial charge in [0.05, 0.1) is 0 Å². The SMILES string of the molecule is CCN1CCc2ccc(C)cc2C1=O. The lowest BCUT2D eigenvalue weighted by atomic mass is 9.97. The van der Waals surface area contributed by atoms with Crippen molar-refractivity contribution in [2.24, 2.45) is 0 Å². The first-order valence-electron chi connectivity index (χ1n) is 5.11. The summed E-state index contributed by atoms with van der Waals surface area (Å²) in [4.78, 5) is 13.8. The molecule has 1 aliphatic heterocycles. The Hall–Kier alpha value is -1.31. The predicted molar refractivity (Wildman–Crippen MR) is 56.5 cm³/mol. The molecule has 0 saturated carbocycles. The highest BCUT2D eigenvalue weighted by Crippen LogP contribution is 2.19. The Morgan fingerprint density at radius 1 is 1.43 bits per heavy atom. The van der Waals surface area contributed by atoms with Crippen LogP contribution in [0.2, 0.25) is 0 Å². The first-order valence-corrected chi connectivity index (χ1v) is 5.11. The second-order valence-corrected chi connectivity index (χ2v) is 3.80. The molecule has 0 N–H and O–H groups in total. The molecule has 1 aromatic rings. The highest BCUT2D eigenvalue weighted by atomic mass is 16.2. The van der Waals surface area contributed by atoms with Crippen LogP contribution >= 0.6 is 0 Å². The second kappa shape index (κ2) is 3.45. The Balaban J connectivity index is 2.43. The number of rotatable bonds is 1. The van der Waals surface area contributed by atoms with E-state index in [1.165, 1.54) is 5.56 Å². The van der Waals surface area contributed by atoms with Gasteiger partial charge < -0.3 is 4.90 Å². The third-order valence-electron chi connectivity index (χ3n) is 2.82. The van der Waals surface area contributed by atoms with Crippen molar-refractivity contribution < 1.29 is 4.79 Å². The summed E-state index contributed by atoms with van der Waals surface area (Å²) in [6.07, 6.45) is 0.995. The molecular formula is C12H15NO. The van der Waals surface area contributed by atoms with Gasteiger partial charge in [0.15, 0.2) is 0 Å². The number of amides is 1. The van der Waals surface area contributed by atoms with Crippen LogP contribution < -0.4 is 0 Å². The number of carbonyl (C=O) groups is 1. The van der Waals surface area contributed by atoms with Gasteiger partial charge in [0.1, 0.15) is 0 Å². The van der Waals surface area contributed by atoms with E-state index in [1.807, 2.05) is 24.8 Å². The van der Waals surface area contributed by atoms with Crippen LogP contribution in [0.1, 0.15) is 28.4 Å². The number of benzene rings is 1. The molecule has 1 aliphatic rings. The van der Waals surface area contributed by atoms with Crippen LogP contribution in [-0.2, 0) is 6.42 Å². The van der Waals surface area contributed by atoms with Crippen LogP contribution in [-0.4, -0.2) is 23.9 Å². The Kier molecular flexibility index (Phi) is 2.28. The smallest absolute Gasteiger partial charge is 0.254 e. The van der Waals surface area contributed by atoms with Gasteiger partial charge in [0, 0.05) is 18.7 Å². The number of nitrogens with zero attached hydrogens (tertiary/aromatic N) is 1. The standard InChI is InChI=1S/C12H15NO/c1-3-13-7-6-10-5-4-9(2)8-11(10)12(13)14/h4-5,8H,3,6-7H2,1-2H3. The number of hydrogen-bond donors (Lipinski definition) is 0. The Morgan fingerprint density at radius 2 is 2.21 bits per heavy atom. The predicted octanol–water partition coefficient (Wildman–Crippen LogP) is 2.01. The maximum Gasteiger partial charge on any atom is 0.254 e. The number of likely N-dealkylation sites (N-methyl/N-ethyl adjacent to an activating group) is 1. The van der Waals surface area contributed by atoms with E-state index in [2.05, 4.69) is 12.1 Å². The third-order valence-corrected chi connectivity index (χ3v) is 2.82. The molecule has 14 heavy (non-hydrogen) atoms. The lowest BCUT2D eigenvalue weighted by molar-refractivity contribution is 0.0749. The highest BCUT2D eigenvalue weighted by Gasteiger charge is 2.22. The van der Waals surface area contributed by atoms with E-state index in [1.54, 1.807) is 0 Å². The van der Waals surface area contributed by atoms with E-state index in [0.29, 0.717) is 0 Å². The second-order valence-electron chi connectivity index (χ2n) is 3.80. The van der Waals surface area contributed by atoms with Gasteiger partial charge in [0.25, 0.3) is 5.91 Å². The molecule has 1 aromatic carbocycles. The average Bonchev–Trinajstić information content (AvgIpc) is 2.20. The van der Waals surface area contributed by atoms with Gasteiger partial charge in [-0.25, -0.2) is 0 Å². The summed E-state index contributed by atoms with van der Waals surface area (Å²) >= 11 is 0. The van der Waals surface area contributed by atoms with E-state index >= 15 is 0 Å². The summed E-state index contributed by atoms with van der Waals surface area (Å²) in [6, 6.07) is 6.16. The highest BCUT2D eigenvalue weighted by molar-refractivity contribution is 5.96. The lowest BCUT2D eigenvalue weighted by Crippen LogP contribution is -2.37. The van der Waals surface area contributed by atoms with Gasteiger partial charge in [-0.3, -0.25) is 4.79 Å². The van der Waals surface area contributed by atoms with Crippen LogP contribution in [0, 0.1) is 6.92 Å². The normalized spacial score (nSPS) is 15.6. The first kappa shape index (κ1) is 9.25. The molecule has 0 unspecified atom stereocenters. The quantitative estimate of drug-likeness (QED) is 0.661. The molecule has 0 aromatic heterocycles. The largest absolute Gasteiger partial charge is 0.339 e. The molecular weight excluding hydrogens is 174 g/mol. The van der Waals surface area contributed by atoms with Gasteiger partial charge >= 0.3 is 0 Å². The Morgan fingerprint density at radius 3 is 2.93 bits per heavy atom. The maximum absolute atomic E-state index is 11.9. The van der Waals surface area contributed by atoms with Crippen LogP contribution in [0.25, 0.3) is 0 Å². The maximum atomic E-state index is 11.9. The van der Waals surface area contributed by atoms with Crippen molar-refractivity contribution in [3.8, 4) is 0 Å². The van der Waals surface area contributed by atoms with Gasteiger partial charge in [-0.15, -0.1) is 0 Å². The van der Waals surface area contributed by atoms with Gasteiger partial charge in [0.2, 0.25) is 0 Å². The van der Waals surface area contributed by atoms with Crippen molar-refractivity contribution in [2.45, 2.75) is 20.3 Å². The van der Waals surface area contributed by atoms with Crippen molar-refractivity contribution in [3.63, 3.8) is 0 Å². The summed E-state index contributed by atoms with van der Waals surface area (Å²) in [7, 11) is 0. The van der Waals surface area contributed by atoms with Crippen LogP contribution in [0.4, 0.5) is 0 Å². The fourth-order valence-electron chi connectivity index (χ4n) is 1.94. The molecule has 1 heterocycles. The minimum Gasteiger partial charge on any atom is -0.339 e. The fraction of sp³-hybridized carbons (Fsp3) is 0.417. The molecule has 0 bridgehead atoms. The Bertz CT molecular complexity index is 371. The van der Waals surface area contributed by atoms with Gasteiger partial charge in [-0.1, -0.05) is 17.7 Å². The molecule has 2 rings (SSSR count). The number of fused-ring (bicyclic) bond motifs is 1. The minimum absolute atomic E-state index is 0.192. The van der Waals surface area contributed by atoms with Gasteiger partial charge in [-0.2, -0.15) is 0 Å². The zero-order chi connectivity index (χ0) is 10.1. The van der Waals surface area contributed by atoms with Gasteiger partial charge in [-0.05, 0) is 31.9 Å². The average molecular weight is 189 g/mol. The molecule has 0 atom stereocenters. The molecule has 0 saturated heterocycles. The number of carbonyl (C=O) groups excluding carboxylic acids is 1. The van der Waals surface area contributed by atoms with Crippen LogP contribution in [0.3, 0.4) is 0 Å². The summed E-state index contributed by atoms with van der Waals surface area (Å²) in [5, 5.41) is 0. The van der Waals surface area contributed by atoms with Crippen molar-refractivity contribution in [2.75, 3.05) is 13.1 Å². The topological polar surface area (TPSA) is 20.3 Å². The van der Waals surface area contributed by atoms with E-state index in [9.17, 15) is 4.79 Å². The van der Waals surface area contributed by atoms with E-state index in [0.717, 1.165) is 30.6 Å². The van der Waals surface area contributed by atoms with Crippen molar-refractivity contribution in [1.29, 1.82) is 0 Å². The molecule has 2 nitrogen and oxygen atoms in total. The third kappa shape index (κ3) is 1.41. The molecule has 0 aliphatic carbocycles. The molecule has 0 spiro atoms. The lowest BCUT2D eigenvalue weighted by Gasteiger charge is -2.27. The fourth-order valence-corrected chi connectivity index (χ4v) is 1.94. The number of aryl methyl sites for hydroxylation is 1. The van der Waals surface area contributed by atoms with E-state index < -0.39 is 0 Å². The summed E-state index contributed by atoms with van der Waals surface area (Å²) < 4.78 is 0. The van der Waals surface area contributed by atoms with E-state index in [-0.39, 0.29) is 5.91 Å². The minimum atomic E-state index is 0.192. The summed E-state index contributed by atoms with van der Waals surface area (Å²) in [6.45, 7) is 5.73. The van der Waals surface area contributed by atoms with E-state index in [4.69, 9.17) is 0 Å². The zero-order valence-corrected chi connectivity index (χ0v) is 8.71. The monoisotopic (exact) mass is 189 g/mol.